The third-order valence-corrected chi connectivity index (χ3v) is 3.30. The lowest BCUT2D eigenvalue weighted by atomic mass is 9.86. The second-order valence-corrected chi connectivity index (χ2v) is 5.42. The van der Waals surface area contributed by atoms with Gasteiger partial charge in [0.1, 0.15) is 0 Å². The highest BCUT2D eigenvalue weighted by molar-refractivity contribution is 5.69. The first-order valence-corrected chi connectivity index (χ1v) is 6.47. The van der Waals surface area contributed by atoms with Crippen LogP contribution in [0.25, 0.3) is 0 Å². The molecular formula is C13H25NO2. The number of carbonyl (C=O) groups excluding carboxylic acids is 1. The minimum atomic E-state index is -0.0667. The van der Waals surface area contributed by atoms with E-state index in [0.717, 1.165) is 6.42 Å². The molecule has 1 atom stereocenters. The van der Waals surface area contributed by atoms with Crippen molar-refractivity contribution in [2.75, 3.05) is 13.2 Å². The molecular weight excluding hydrogens is 202 g/mol. The Labute approximate surface area is 98.7 Å². The molecule has 0 aromatic carbocycles. The summed E-state index contributed by atoms with van der Waals surface area (Å²) in [5.41, 5.74) is 5.65. The molecule has 0 spiro atoms. The van der Waals surface area contributed by atoms with Gasteiger partial charge in [0.2, 0.25) is 0 Å². The van der Waals surface area contributed by atoms with Gasteiger partial charge >= 0.3 is 5.97 Å². The maximum atomic E-state index is 11.6. The fraction of sp³-hybridized carbons (Fsp3) is 0.923. The first kappa shape index (κ1) is 13.5. The van der Waals surface area contributed by atoms with Gasteiger partial charge in [0, 0.05) is 6.42 Å². The van der Waals surface area contributed by atoms with Crippen LogP contribution in [0, 0.1) is 17.8 Å². The van der Waals surface area contributed by atoms with Crippen molar-refractivity contribution in [1.82, 2.24) is 0 Å². The number of esters is 1. The Balaban J connectivity index is 2.14. The van der Waals surface area contributed by atoms with Crippen molar-refractivity contribution in [2.45, 2.75) is 46.0 Å². The zero-order valence-corrected chi connectivity index (χ0v) is 10.6. The highest BCUT2D eigenvalue weighted by Crippen LogP contribution is 2.26. The van der Waals surface area contributed by atoms with Crippen molar-refractivity contribution in [3.63, 3.8) is 0 Å². The summed E-state index contributed by atoms with van der Waals surface area (Å²) in [4.78, 5) is 11.6. The Morgan fingerprint density at radius 1 is 1.44 bits per heavy atom. The molecule has 94 valence electrons. The van der Waals surface area contributed by atoms with Gasteiger partial charge in [-0.1, -0.05) is 20.3 Å². The van der Waals surface area contributed by atoms with Gasteiger partial charge in [-0.15, -0.1) is 0 Å². The van der Waals surface area contributed by atoms with Gasteiger partial charge in [-0.3, -0.25) is 4.79 Å². The number of hydrogen-bond acceptors (Lipinski definition) is 3. The summed E-state index contributed by atoms with van der Waals surface area (Å²) in [6.45, 7) is 5.51. The number of carbonyl (C=O) groups is 1. The molecule has 0 saturated heterocycles. The largest absolute Gasteiger partial charge is 0.465 e. The van der Waals surface area contributed by atoms with E-state index in [0.29, 0.717) is 31.4 Å². The van der Waals surface area contributed by atoms with E-state index in [4.69, 9.17) is 10.5 Å². The van der Waals surface area contributed by atoms with Crippen LogP contribution in [0.2, 0.25) is 0 Å². The molecule has 1 aliphatic carbocycles. The Bertz CT molecular complexity index is 212. The predicted molar refractivity (Wildman–Crippen MR) is 64.9 cm³/mol. The average molecular weight is 227 g/mol. The van der Waals surface area contributed by atoms with E-state index in [1.54, 1.807) is 0 Å². The topological polar surface area (TPSA) is 52.3 Å². The van der Waals surface area contributed by atoms with Gasteiger partial charge in [0.05, 0.1) is 6.61 Å². The van der Waals surface area contributed by atoms with E-state index in [1.807, 2.05) is 0 Å². The zero-order chi connectivity index (χ0) is 12.0. The molecule has 2 N–H and O–H groups in total. The monoisotopic (exact) mass is 227 g/mol. The Kier molecular flexibility index (Phi) is 5.81. The second kappa shape index (κ2) is 6.89. The molecule has 0 unspecified atom stereocenters. The van der Waals surface area contributed by atoms with Gasteiger partial charge in [-0.05, 0) is 43.6 Å². The van der Waals surface area contributed by atoms with Crippen LogP contribution in [0.5, 0.6) is 0 Å². The Morgan fingerprint density at radius 3 is 2.56 bits per heavy atom. The number of rotatable bonds is 7. The highest BCUT2D eigenvalue weighted by atomic mass is 16.5. The third kappa shape index (κ3) is 4.97. The van der Waals surface area contributed by atoms with Crippen molar-refractivity contribution < 1.29 is 9.53 Å². The smallest absolute Gasteiger partial charge is 0.306 e. The predicted octanol–water partition coefficient (Wildman–Crippen LogP) is 2.34. The van der Waals surface area contributed by atoms with Crippen molar-refractivity contribution in [1.29, 1.82) is 0 Å². The number of ether oxygens (including phenoxy) is 1. The van der Waals surface area contributed by atoms with E-state index < -0.39 is 0 Å². The molecule has 16 heavy (non-hydrogen) atoms. The van der Waals surface area contributed by atoms with Crippen LogP contribution in [0.3, 0.4) is 0 Å². The van der Waals surface area contributed by atoms with Crippen LogP contribution in [0.15, 0.2) is 0 Å². The third-order valence-electron chi connectivity index (χ3n) is 3.30. The molecule has 0 heterocycles. The summed E-state index contributed by atoms with van der Waals surface area (Å²) < 4.78 is 5.27. The molecule has 0 bridgehead atoms. The lowest BCUT2D eigenvalue weighted by Crippen LogP contribution is -2.24. The Morgan fingerprint density at radius 2 is 2.12 bits per heavy atom. The number of hydrogen-bond donors (Lipinski definition) is 1. The SMILES string of the molecule is CC(C)C[C@H](CN)CC(=O)OCC1CCC1. The van der Waals surface area contributed by atoms with Gasteiger partial charge in [-0.2, -0.15) is 0 Å². The van der Waals surface area contributed by atoms with E-state index in [2.05, 4.69) is 13.8 Å². The van der Waals surface area contributed by atoms with Crippen LogP contribution >= 0.6 is 0 Å². The minimum absolute atomic E-state index is 0.0667. The number of nitrogens with two attached hydrogens (primary N) is 1. The summed E-state index contributed by atoms with van der Waals surface area (Å²) in [5.74, 6) is 1.44. The van der Waals surface area contributed by atoms with E-state index in [9.17, 15) is 4.79 Å². The fourth-order valence-corrected chi connectivity index (χ4v) is 2.09. The molecule has 1 fully saturated rings. The maximum absolute atomic E-state index is 11.6. The minimum Gasteiger partial charge on any atom is -0.465 e. The standard InChI is InChI=1S/C13H25NO2/c1-10(2)6-12(8-14)7-13(15)16-9-11-4-3-5-11/h10-12H,3-9,14H2,1-2H3/t12-/m0/s1. The quantitative estimate of drug-likeness (QED) is 0.679. The summed E-state index contributed by atoms with van der Waals surface area (Å²) >= 11 is 0. The highest BCUT2D eigenvalue weighted by Gasteiger charge is 2.20. The van der Waals surface area contributed by atoms with Crippen molar-refractivity contribution in [2.24, 2.45) is 23.5 Å². The molecule has 1 saturated carbocycles. The summed E-state index contributed by atoms with van der Waals surface area (Å²) in [6, 6.07) is 0. The molecule has 1 aliphatic rings. The zero-order valence-electron chi connectivity index (χ0n) is 10.6. The van der Waals surface area contributed by atoms with Gasteiger partial charge in [0.25, 0.3) is 0 Å². The lowest BCUT2D eigenvalue weighted by molar-refractivity contribution is -0.147. The normalized spacial score (nSPS) is 18.2. The second-order valence-electron chi connectivity index (χ2n) is 5.42. The molecule has 0 aromatic rings. The molecule has 0 radical (unpaired) electrons. The fourth-order valence-electron chi connectivity index (χ4n) is 2.09. The molecule has 0 aliphatic heterocycles. The van der Waals surface area contributed by atoms with Crippen LogP contribution < -0.4 is 5.73 Å². The average Bonchev–Trinajstić information content (AvgIpc) is 2.13. The molecule has 1 rings (SSSR count). The molecule has 3 heteroatoms. The molecule has 0 aromatic heterocycles. The van der Waals surface area contributed by atoms with Crippen LogP contribution in [-0.4, -0.2) is 19.1 Å². The van der Waals surface area contributed by atoms with E-state index >= 15 is 0 Å². The first-order chi connectivity index (χ1) is 7.61. The van der Waals surface area contributed by atoms with E-state index in [-0.39, 0.29) is 11.9 Å². The summed E-state index contributed by atoms with van der Waals surface area (Å²) in [6.07, 6.45) is 5.23. The lowest BCUT2D eigenvalue weighted by Gasteiger charge is -2.25. The van der Waals surface area contributed by atoms with E-state index in [1.165, 1.54) is 19.3 Å². The first-order valence-electron chi connectivity index (χ1n) is 6.47. The van der Waals surface area contributed by atoms with Crippen LogP contribution in [0.4, 0.5) is 0 Å². The van der Waals surface area contributed by atoms with Crippen molar-refractivity contribution in [3.8, 4) is 0 Å². The summed E-state index contributed by atoms with van der Waals surface area (Å²) in [7, 11) is 0. The van der Waals surface area contributed by atoms with Crippen LogP contribution in [-0.2, 0) is 9.53 Å². The van der Waals surface area contributed by atoms with Crippen molar-refractivity contribution >= 4 is 5.97 Å². The van der Waals surface area contributed by atoms with Gasteiger partial charge < -0.3 is 10.5 Å². The van der Waals surface area contributed by atoms with Gasteiger partial charge in [0.15, 0.2) is 0 Å². The molecule has 3 nitrogen and oxygen atoms in total. The Hall–Kier alpha value is -0.570. The molecule has 0 amide bonds. The van der Waals surface area contributed by atoms with Gasteiger partial charge in [-0.25, -0.2) is 0 Å². The van der Waals surface area contributed by atoms with Crippen molar-refractivity contribution in [3.05, 3.63) is 0 Å². The summed E-state index contributed by atoms with van der Waals surface area (Å²) in [5, 5.41) is 0. The maximum Gasteiger partial charge on any atom is 0.306 e. The van der Waals surface area contributed by atoms with Crippen LogP contribution in [0.1, 0.15) is 46.0 Å².